The minimum Gasteiger partial charge on any atom is -0.352 e. The zero-order chi connectivity index (χ0) is 16.7. The van der Waals surface area contributed by atoms with Crippen LogP contribution < -0.4 is 16.4 Å². The lowest BCUT2D eigenvalue weighted by atomic mass is 10.00. The predicted octanol–water partition coefficient (Wildman–Crippen LogP) is 2.56. The topological polar surface area (TPSA) is 84.2 Å². The van der Waals surface area contributed by atoms with Crippen molar-refractivity contribution < 1.29 is 9.59 Å². The first-order chi connectivity index (χ1) is 11.1. The van der Waals surface area contributed by atoms with Crippen molar-refractivity contribution in [3.63, 3.8) is 0 Å². The largest absolute Gasteiger partial charge is 0.352 e. The number of rotatable bonds is 7. The van der Waals surface area contributed by atoms with Crippen molar-refractivity contribution in [1.82, 2.24) is 5.32 Å². The fourth-order valence-electron chi connectivity index (χ4n) is 2.99. The molecule has 0 spiro atoms. The van der Waals surface area contributed by atoms with E-state index in [0.717, 1.165) is 36.9 Å². The summed E-state index contributed by atoms with van der Waals surface area (Å²) in [6.07, 6.45) is 5.10. The molecule has 2 amide bonds. The Labute approximate surface area is 138 Å². The molecule has 23 heavy (non-hydrogen) atoms. The molecule has 0 bridgehead atoms. The van der Waals surface area contributed by atoms with Crippen molar-refractivity contribution in [3.05, 3.63) is 29.8 Å². The Morgan fingerprint density at radius 3 is 2.52 bits per heavy atom. The molecular weight excluding hydrogens is 290 g/mol. The van der Waals surface area contributed by atoms with Crippen LogP contribution in [0.1, 0.15) is 51.0 Å². The highest BCUT2D eigenvalue weighted by atomic mass is 16.2. The third kappa shape index (κ3) is 5.67. The minimum absolute atomic E-state index is 0.0291. The maximum Gasteiger partial charge on any atom is 0.224 e. The molecule has 4 N–H and O–H groups in total. The predicted molar refractivity (Wildman–Crippen MR) is 91.8 cm³/mol. The zero-order valence-electron chi connectivity index (χ0n) is 13.8. The highest BCUT2D eigenvalue weighted by Gasteiger charge is 2.25. The maximum absolute atomic E-state index is 12.0. The summed E-state index contributed by atoms with van der Waals surface area (Å²) in [5, 5.41) is 5.79. The van der Waals surface area contributed by atoms with Gasteiger partial charge >= 0.3 is 0 Å². The minimum atomic E-state index is 0.0291. The van der Waals surface area contributed by atoms with Crippen molar-refractivity contribution in [1.29, 1.82) is 0 Å². The van der Waals surface area contributed by atoms with E-state index in [1.54, 1.807) is 0 Å². The van der Waals surface area contributed by atoms with Gasteiger partial charge < -0.3 is 16.4 Å². The fraction of sp³-hybridized carbons (Fsp3) is 0.556. The number of hydrogen-bond acceptors (Lipinski definition) is 3. The highest BCUT2D eigenvalue weighted by molar-refractivity contribution is 5.90. The van der Waals surface area contributed by atoms with Crippen molar-refractivity contribution in [3.8, 4) is 0 Å². The van der Waals surface area contributed by atoms with Gasteiger partial charge in [0.2, 0.25) is 11.8 Å². The standard InChI is InChI=1S/C18H27N3O2/c1-2-4-17(22)21-15-9-7-13(8-10-15)12-20-18(23)11-14-5-3-6-16(14)19/h7-10,14,16H,2-6,11-12,19H2,1H3,(H,20,23)(H,21,22)/t14-,16+/m0/s1. The van der Waals surface area contributed by atoms with Crippen LogP contribution in [0.15, 0.2) is 24.3 Å². The van der Waals surface area contributed by atoms with E-state index >= 15 is 0 Å². The second-order valence-electron chi connectivity index (χ2n) is 6.33. The van der Waals surface area contributed by atoms with Gasteiger partial charge in [-0.15, -0.1) is 0 Å². The fourth-order valence-corrected chi connectivity index (χ4v) is 2.99. The van der Waals surface area contributed by atoms with Crippen LogP contribution in [0.2, 0.25) is 0 Å². The molecular formula is C18H27N3O2. The van der Waals surface area contributed by atoms with Crippen molar-refractivity contribution in [2.45, 2.75) is 58.0 Å². The summed E-state index contributed by atoms with van der Waals surface area (Å²) >= 11 is 0. The van der Waals surface area contributed by atoms with E-state index in [4.69, 9.17) is 5.73 Å². The van der Waals surface area contributed by atoms with Gasteiger partial charge in [0.1, 0.15) is 0 Å². The van der Waals surface area contributed by atoms with Crippen LogP contribution in [0.4, 0.5) is 5.69 Å². The van der Waals surface area contributed by atoms with Gasteiger partial charge in [0.25, 0.3) is 0 Å². The molecule has 0 radical (unpaired) electrons. The molecule has 1 aliphatic carbocycles. The summed E-state index contributed by atoms with van der Waals surface area (Å²) < 4.78 is 0. The Morgan fingerprint density at radius 2 is 1.91 bits per heavy atom. The number of hydrogen-bond donors (Lipinski definition) is 3. The van der Waals surface area contributed by atoms with Gasteiger partial charge in [-0.25, -0.2) is 0 Å². The summed E-state index contributed by atoms with van der Waals surface area (Å²) in [6.45, 7) is 2.48. The summed E-state index contributed by atoms with van der Waals surface area (Å²) in [6, 6.07) is 7.74. The van der Waals surface area contributed by atoms with Gasteiger partial charge in [0.15, 0.2) is 0 Å². The molecule has 0 aromatic heterocycles. The Bertz CT molecular complexity index is 528. The molecule has 1 fully saturated rings. The Hall–Kier alpha value is -1.88. The molecule has 126 valence electrons. The molecule has 5 heteroatoms. The zero-order valence-corrected chi connectivity index (χ0v) is 13.8. The lowest BCUT2D eigenvalue weighted by molar-refractivity contribution is -0.122. The molecule has 5 nitrogen and oxygen atoms in total. The van der Waals surface area contributed by atoms with Crippen LogP contribution in [-0.4, -0.2) is 17.9 Å². The van der Waals surface area contributed by atoms with E-state index in [1.165, 1.54) is 0 Å². The maximum atomic E-state index is 12.0. The average molecular weight is 317 g/mol. The van der Waals surface area contributed by atoms with Crippen molar-refractivity contribution >= 4 is 17.5 Å². The smallest absolute Gasteiger partial charge is 0.224 e. The summed E-state index contributed by atoms with van der Waals surface area (Å²) in [4.78, 5) is 23.5. The van der Waals surface area contributed by atoms with E-state index in [-0.39, 0.29) is 17.9 Å². The van der Waals surface area contributed by atoms with Crippen LogP contribution in [0.5, 0.6) is 0 Å². The second kappa shape index (κ2) is 8.67. The van der Waals surface area contributed by atoms with Gasteiger partial charge in [-0.3, -0.25) is 9.59 Å². The van der Waals surface area contributed by atoms with E-state index < -0.39 is 0 Å². The Kier molecular flexibility index (Phi) is 6.59. The van der Waals surface area contributed by atoms with Crippen LogP contribution >= 0.6 is 0 Å². The number of nitrogens with two attached hydrogens (primary N) is 1. The monoisotopic (exact) mass is 317 g/mol. The quantitative estimate of drug-likeness (QED) is 0.722. The summed E-state index contributed by atoms with van der Waals surface area (Å²) in [7, 11) is 0. The van der Waals surface area contributed by atoms with Crippen LogP contribution in [-0.2, 0) is 16.1 Å². The third-order valence-corrected chi connectivity index (χ3v) is 4.37. The summed E-state index contributed by atoms with van der Waals surface area (Å²) in [5.74, 6) is 0.417. The second-order valence-corrected chi connectivity index (χ2v) is 6.33. The summed E-state index contributed by atoms with van der Waals surface area (Å²) in [5.41, 5.74) is 7.80. The van der Waals surface area contributed by atoms with Gasteiger partial charge in [0.05, 0.1) is 0 Å². The van der Waals surface area contributed by atoms with Gasteiger partial charge in [-0.05, 0) is 42.9 Å². The number of benzene rings is 1. The molecule has 1 saturated carbocycles. The number of carbonyl (C=O) groups is 2. The number of carbonyl (C=O) groups excluding carboxylic acids is 2. The Morgan fingerprint density at radius 1 is 1.17 bits per heavy atom. The van der Waals surface area contributed by atoms with Crippen molar-refractivity contribution in [2.75, 3.05) is 5.32 Å². The highest BCUT2D eigenvalue weighted by Crippen LogP contribution is 2.26. The molecule has 0 saturated heterocycles. The number of amides is 2. The van der Waals surface area contributed by atoms with Crippen LogP contribution in [0, 0.1) is 5.92 Å². The van der Waals surface area contributed by atoms with E-state index in [1.807, 2.05) is 31.2 Å². The first-order valence-electron chi connectivity index (χ1n) is 8.49. The lowest BCUT2D eigenvalue weighted by Crippen LogP contribution is -2.31. The Balaban J connectivity index is 1.75. The molecule has 1 aliphatic rings. The SMILES string of the molecule is CCCC(=O)Nc1ccc(CNC(=O)C[C@@H]2CCC[C@H]2N)cc1. The molecule has 1 aromatic carbocycles. The van der Waals surface area contributed by atoms with E-state index in [9.17, 15) is 9.59 Å². The molecule has 0 heterocycles. The van der Waals surface area contributed by atoms with Crippen molar-refractivity contribution in [2.24, 2.45) is 11.7 Å². The van der Waals surface area contributed by atoms with Crippen LogP contribution in [0.25, 0.3) is 0 Å². The molecule has 1 aromatic rings. The lowest BCUT2D eigenvalue weighted by Gasteiger charge is -2.14. The number of anilines is 1. The van der Waals surface area contributed by atoms with E-state index in [2.05, 4.69) is 10.6 Å². The van der Waals surface area contributed by atoms with Gasteiger partial charge in [-0.1, -0.05) is 25.5 Å². The van der Waals surface area contributed by atoms with Gasteiger partial charge in [-0.2, -0.15) is 0 Å². The van der Waals surface area contributed by atoms with Gasteiger partial charge in [0, 0.05) is 31.1 Å². The first kappa shape index (κ1) is 17.5. The first-order valence-corrected chi connectivity index (χ1v) is 8.49. The normalized spacial score (nSPS) is 20.3. The molecule has 2 rings (SSSR count). The molecule has 0 unspecified atom stereocenters. The molecule has 2 atom stereocenters. The third-order valence-electron chi connectivity index (χ3n) is 4.37. The average Bonchev–Trinajstić information content (AvgIpc) is 2.92. The molecule has 0 aliphatic heterocycles. The van der Waals surface area contributed by atoms with E-state index in [0.29, 0.717) is 25.3 Å². The number of nitrogens with one attached hydrogen (secondary N) is 2. The van der Waals surface area contributed by atoms with Crippen LogP contribution in [0.3, 0.4) is 0 Å².